The summed E-state index contributed by atoms with van der Waals surface area (Å²) < 4.78 is 13.2. The molecule has 0 heterocycles. The summed E-state index contributed by atoms with van der Waals surface area (Å²) in [7, 11) is 0. The first kappa shape index (κ1) is 27.4. The molecule has 0 spiro atoms. The number of rotatable bonds is 5. The molecule has 0 aromatic heterocycles. The molecule has 7 rings (SSSR count). The van der Waals surface area contributed by atoms with Crippen LogP contribution in [0.25, 0.3) is 21.5 Å². The van der Waals surface area contributed by atoms with E-state index in [4.69, 9.17) is 6.64 Å². The average molecular weight is 593 g/mol. The topological polar surface area (TPSA) is 52.6 Å². The van der Waals surface area contributed by atoms with Crippen LogP contribution in [0.3, 0.4) is 0 Å². The van der Waals surface area contributed by atoms with E-state index in [1.165, 1.54) is 24.0 Å². The number of fused-ring (bicyclic) bond motifs is 3. The van der Waals surface area contributed by atoms with Crippen LogP contribution in [0.4, 0.5) is 0 Å². The van der Waals surface area contributed by atoms with Crippen molar-refractivity contribution < 1.29 is 33.6 Å². The van der Waals surface area contributed by atoms with Crippen LogP contribution in [-0.4, -0.2) is 11.9 Å². The minimum absolute atomic E-state index is 0.0350. The Morgan fingerprint density at radius 2 is 1.19 bits per heavy atom. The summed E-state index contributed by atoms with van der Waals surface area (Å²) in [4.78, 5) is 28.2. The fraction of sp³-hybridized carbons (Fsp3) is 0.297. The molecule has 3 aliphatic carbocycles. The second kappa shape index (κ2) is 11.0. The van der Waals surface area contributed by atoms with Crippen LogP contribution in [-0.2, 0) is 24.0 Å². The van der Waals surface area contributed by atoms with Gasteiger partial charge in [-0.3, -0.25) is 0 Å². The Morgan fingerprint density at radius 1 is 0.667 bits per heavy atom. The van der Waals surface area contributed by atoms with E-state index in [0.29, 0.717) is 17.0 Å². The maximum absolute atomic E-state index is 14.1. The third-order valence-corrected chi connectivity index (χ3v) is 14.5. The van der Waals surface area contributed by atoms with Gasteiger partial charge >= 0.3 is 253 Å². The monoisotopic (exact) mass is 592 g/mol. The van der Waals surface area contributed by atoms with Crippen LogP contribution in [0.1, 0.15) is 72.6 Å². The molecule has 212 valence electrons. The van der Waals surface area contributed by atoms with Gasteiger partial charge in [0.1, 0.15) is 0 Å². The van der Waals surface area contributed by atoms with E-state index in [1.54, 1.807) is 11.1 Å². The maximum atomic E-state index is 14.1. The Labute approximate surface area is 251 Å². The standard InChI is InChI=1S/C14H19.2C11H8O2.CH3.Ti/c1-10-11-6-2-4-8-13(11)14-9-5-3-7-12(10)14;2*12-11(13)10-7-3-5-8-4-1-2-6-9(8)10;;/h6,10H,2-5,7-9H2,1H3;2*1-7H,(H,12,13);1H3;/q;;;;+2/p-2. The molecule has 0 radical (unpaired) electrons. The number of hydrogen-bond acceptors (Lipinski definition) is 4. The molecular formula is C37H36O4Ti. The van der Waals surface area contributed by atoms with E-state index in [9.17, 15) is 9.59 Å². The first-order chi connectivity index (χ1) is 20.4. The van der Waals surface area contributed by atoms with E-state index < -0.39 is 29.3 Å². The number of carbonyl (C=O) groups is 2. The van der Waals surface area contributed by atoms with E-state index in [0.717, 1.165) is 53.6 Å². The summed E-state index contributed by atoms with van der Waals surface area (Å²) in [5.74, 6) is -0.467. The molecule has 0 amide bonds. The Hall–Kier alpha value is -3.47. The van der Waals surface area contributed by atoms with Gasteiger partial charge in [-0.05, 0) is 0 Å². The van der Waals surface area contributed by atoms with Gasteiger partial charge in [-0.1, -0.05) is 0 Å². The van der Waals surface area contributed by atoms with Gasteiger partial charge in [0.15, 0.2) is 0 Å². The van der Waals surface area contributed by atoms with Crippen molar-refractivity contribution in [1.82, 2.24) is 0 Å². The Balaban J connectivity index is 1.31. The summed E-state index contributed by atoms with van der Waals surface area (Å²) in [5.41, 5.74) is 7.04. The van der Waals surface area contributed by atoms with Crippen LogP contribution in [0.5, 0.6) is 0 Å². The van der Waals surface area contributed by atoms with Crippen molar-refractivity contribution in [2.75, 3.05) is 0 Å². The van der Waals surface area contributed by atoms with Gasteiger partial charge in [-0.2, -0.15) is 0 Å². The molecule has 0 saturated heterocycles. The van der Waals surface area contributed by atoms with Crippen LogP contribution < -0.4 is 0 Å². The van der Waals surface area contributed by atoms with Gasteiger partial charge in [0.25, 0.3) is 0 Å². The molecule has 2 atom stereocenters. The summed E-state index contributed by atoms with van der Waals surface area (Å²) in [6.07, 6.45) is 7.72. The molecule has 4 aromatic carbocycles. The van der Waals surface area contributed by atoms with Crippen LogP contribution in [0.2, 0.25) is 9.45 Å². The van der Waals surface area contributed by atoms with Gasteiger partial charge in [-0.25, -0.2) is 0 Å². The predicted octanol–water partition coefficient (Wildman–Crippen LogP) is 9.83. The van der Waals surface area contributed by atoms with Crippen molar-refractivity contribution in [3.63, 3.8) is 0 Å². The quantitative estimate of drug-likeness (QED) is 0.217. The van der Waals surface area contributed by atoms with Crippen molar-refractivity contribution in [2.45, 2.75) is 61.3 Å². The fourth-order valence-corrected chi connectivity index (χ4v) is 12.5. The normalized spacial score (nSPS) is 20.4. The Kier molecular flexibility index (Phi) is 7.16. The predicted molar refractivity (Wildman–Crippen MR) is 164 cm³/mol. The molecule has 4 nitrogen and oxygen atoms in total. The Morgan fingerprint density at radius 3 is 1.81 bits per heavy atom. The second-order valence-corrected chi connectivity index (χ2v) is 17.1. The SMILES string of the molecule is CC1C2=C(CCCC2)C2=C1[CH]([Ti]([CH3])([O]C(=O)c1cccc3ccccc13)[O]C(=O)c1cccc3ccccc13)CCC2. The zero-order valence-electron chi connectivity index (χ0n) is 24.3. The van der Waals surface area contributed by atoms with Crippen molar-refractivity contribution in [3.8, 4) is 0 Å². The number of allylic oxidation sites excluding steroid dienone is 4. The molecule has 0 N–H and O–H groups in total. The summed E-state index contributed by atoms with van der Waals surface area (Å²) in [5, 5.41) is 5.67. The van der Waals surface area contributed by atoms with Crippen molar-refractivity contribution in [2.24, 2.45) is 5.92 Å². The molecule has 0 saturated carbocycles. The summed E-state index contributed by atoms with van der Waals surface area (Å²) >= 11 is -4.19. The van der Waals surface area contributed by atoms with Crippen LogP contribution >= 0.6 is 0 Å². The van der Waals surface area contributed by atoms with Crippen molar-refractivity contribution >= 4 is 33.5 Å². The van der Waals surface area contributed by atoms with Crippen LogP contribution in [0.15, 0.2) is 107 Å². The van der Waals surface area contributed by atoms with Gasteiger partial charge in [0.05, 0.1) is 0 Å². The third kappa shape index (κ3) is 4.66. The first-order valence-electron chi connectivity index (χ1n) is 15.3. The average Bonchev–Trinajstić information content (AvgIpc) is 3.32. The van der Waals surface area contributed by atoms with E-state index in [2.05, 4.69) is 6.92 Å². The third-order valence-electron chi connectivity index (χ3n) is 9.75. The zero-order valence-corrected chi connectivity index (χ0v) is 25.9. The molecule has 42 heavy (non-hydrogen) atoms. The zero-order chi connectivity index (χ0) is 28.8. The number of carbonyl (C=O) groups excluding carboxylic acids is 2. The molecule has 3 aliphatic rings. The second-order valence-electron chi connectivity index (χ2n) is 12.2. The molecule has 2 unspecified atom stereocenters. The fourth-order valence-electron chi connectivity index (χ4n) is 7.81. The van der Waals surface area contributed by atoms with Crippen molar-refractivity contribution in [3.05, 3.63) is 118 Å². The van der Waals surface area contributed by atoms with Gasteiger partial charge in [0, 0.05) is 0 Å². The first-order valence-corrected chi connectivity index (χ1v) is 19.1. The molecule has 4 aromatic rings. The van der Waals surface area contributed by atoms with E-state index in [-0.39, 0.29) is 4.22 Å². The van der Waals surface area contributed by atoms with Gasteiger partial charge < -0.3 is 0 Å². The number of hydrogen-bond donors (Lipinski definition) is 0. The summed E-state index contributed by atoms with van der Waals surface area (Å²) in [6.45, 7) is 2.32. The molecule has 0 aliphatic heterocycles. The van der Waals surface area contributed by atoms with E-state index in [1.807, 2.05) is 90.2 Å². The van der Waals surface area contributed by atoms with E-state index >= 15 is 0 Å². The Bertz CT molecular complexity index is 1690. The molecular weight excluding hydrogens is 556 g/mol. The van der Waals surface area contributed by atoms with Gasteiger partial charge in [-0.15, -0.1) is 0 Å². The van der Waals surface area contributed by atoms with Gasteiger partial charge in [0.2, 0.25) is 0 Å². The van der Waals surface area contributed by atoms with Crippen molar-refractivity contribution in [1.29, 1.82) is 0 Å². The molecule has 0 fully saturated rings. The number of benzene rings is 4. The van der Waals surface area contributed by atoms with Crippen LogP contribution in [0, 0.1) is 5.92 Å². The minimum atomic E-state index is -4.19. The molecule has 0 bridgehead atoms. The summed E-state index contributed by atoms with van der Waals surface area (Å²) in [6, 6.07) is 27.2. The molecule has 5 heteroatoms.